The van der Waals surface area contributed by atoms with Crippen LogP contribution < -0.4 is 0 Å². The van der Waals surface area contributed by atoms with Crippen molar-refractivity contribution in [2.45, 2.75) is 11.8 Å². The second-order valence-electron chi connectivity index (χ2n) is 3.42. The van der Waals surface area contributed by atoms with Crippen LogP contribution in [0.3, 0.4) is 0 Å². The van der Waals surface area contributed by atoms with Gasteiger partial charge in [-0.1, -0.05) is 0 Å². The van der Waals surface area contributed by atoms with Crippen LogP contribution in [0.25, 0.3) is 0 Å². The number of ether oxygens (including phenoxy) is 1. The van der Waals surface area contributed by atoms with E-state index in [9.17, 15) is 18.0 Å². The maximum absolute atomic E-state index is 11.4. The molecule has 2 N–H and O–H groups in total. The molecule has 0 aliphatic carbocycles. The van der Waals surface area contributed by atoms with E-state index >= 15 is 0 Å². The quantitative estimate of drug-likeness (QED) is 0.616. The van der Waals surface area contributed by atoms with Crippen molar-refractivity contribution in [3.63, 3.8) is 0 Å². The molecule has 0 atom stereocenters. The van der Waals surface area contributed by atoms with Gasteiger partial charge in [0.05, 0.1) is 23.1 Å². The smallest absolute Gasteiger partial charge is 0.338 e. The Hall–Kier alpha value is -1.93. The van der Waals surface area contributed by atoms with Crippen molar-refractivity contribution in [3.05, 3.63) is 28.8 Å². The number of carbonyl (C=O) groups is 2. The highest BCUT2D eigenvalue weighted by Gasteiger charge is 2.22. The molecule has 0 aliphatic heterocycles. The third-order valence-corrected chi connectivity index (χ3v) is 3.15. The molecule has 1 rings (SSSR count). The van der Waals surface area contributed by atoms with Crippen molar-refractivity contribution in [2.24, 2.45) is 0 Å². The van der Waals surface area contributed by atoms with E-state index in [1.165, 1.54) is 6.92 Å². The van der Waals surface area contributed by atoms with Crippen LogP contribution >= 0.6 is 0 Å². The molecule has 0 aliphatic rings. The lowest BCUT2D eigenvalue weighted by atomic mass is 10.0. The molecule has 0 heterocycles. The molecule has 0 radical (unpaired) electrons. The summed E-state index contributed by atoms with van der Waals surface area (Å²) >= 11 is 0. The van der Waals surface area contributed by atoms with Crippen molar-refractivity contribution in [1.29, 1.82) is 0 Å². The first kappa shape index (κ1) is 14.1. The van der Waals surface area contributed by atoms with Gasteiger partial charge in [-0.15, -0.1) is 0 Å². The van der Waals surface area contributed by atoms with E-state index in [-0.39, 0.29) is 11.1 Å². The summed E-state index contributed by atoms with van der Waals surface area (Å²) in [4.78, 5) is 21.7. The van der Waals surface area contributed by atoms with Gasteiger partial charge in [0, 0.05) is 0 Å². The van der Waals surface area contributed by atoms with Crippen LogP contribution in [-0.2, 0) is 14.9 Å². The summed E-state index contributed by atoms with van der Waals surface area (Å²) in [6, 6.07) is 1.64. The first-order valence-electron chi connectivity index (χ1n) is 4.62. The molecule has 98 valence electrons. The highest BCUT2D eigenvalue weighted by molar-refractivity contribution is 7.85. The maximum atomic E-state index is 11.4. The molecule has 0 amide bonds. The highest BCUT2D eigenvalue weighted by atomic mass is 32.2. The van der Waals surface area contributed by atoms with Gasteiger partial charge >= 0.3 is 11.9 Å². The number of methoxy groups -OCH3 is 1. The lowest BCUT2D eigenvalue weighted by Gasteiger charge is -2.09. The number of carboxylic acids is 1. The first-order valence-corrected chi connectivity index (χ1v) is 6.06. The highest BCUT2D eigenvalue weighted by Crippen LogP contribution is 2.21. The summed E-state index contributed by atoms with van der Waals surface area (Å²) in [7, 11) is -3.54. The molecular formula is C10H10O7S. The minimum atomic E-state index is -4.61. The zero-order chi connectivity index (χ0) is 14.1. The molecule has 0 aromatic heterocycles. The Kier molecular flexibility index (Phi) is 3.73. The average Bonchev–Trinajstić information content (AvgIpc) is 2.26. The molecule has 0 fully saturated rings. The van der Waals surface area contributed by atoms with E-state index in [2.05, 4.69) is 4.74 Å². The van der Waals surface area contributed by atoms with E-state index in [4.69, 9.17) is 9.66 Å². The van der Waals surface area contributed by atoms with Crippen molar-refractivity contribution < 1.29 is 32.4 Å². The van der Waals surface area contributed by atoms with Crippen LogP contribution in [0.2, 0.25) is 0 Å². The topological polar surface area (TPSA) is 118 Å². The van der Waals surface area contributed by atoms with Gasteiger partial charge in [0.15, 0.2) is 0 Å². The Balaban J connectivity index is 3.68. The molecule has 0 bridgehead atoms. The minimum Gasteiger partial charge on any atom is -0.478 e. The standard InChI is InChI=1S/C10H10O7S/c1-5-7(9(11)12)3-6(18(14,15)16)4-8(5)10(13)17-2/h3-4H,1-2H3,(H,11,12)(H,14,15,16). The Labute approximate surface area is 103 Å². The normalized spacial score (nSPS) is 11.1. The van der Waals surface area contributed by atoms with Gasteiger partial charge in [0.1, 0.15) is 0 Å². The van der Waals surface area contributed by atoms with E-state index in [0.717, 1.165) is 19.2 Å². The fraction of sp³-hybridized carbons (Fsp3) is 0.200. The van der Waals surface area contributed by atoms with E-state index in [1.54, 1.807) is 0 Å². The molecular weight excluding hydrogens is 264 g/mol. The predicted octanol–water partition coefficient (Wildman–Crippen LogP) is 0.727. The summed E-state index contributed by atoms with van der Waals surface area (Å²) in [5.41, 5.74) is -0.572. The fourth-order valence-electron chi connectivity index (χ4n) is 1.38. The molecule has 18 heavy (non-hydrogen) atoms. The van der Waals surface area contributed by atoms with E-state index in [0.29, 0.717) is 0 Å². The second kappa shape index (κ2) is 4.75. The summed E-state index contributed by atoms with van der Waals surface area (Å²) in [6.45, 7) is 1.34. The number of hydrogen-bond donors (Lipinski definition) is 2. The molecule has 0 saturated heterocycles. The number of esters is 1. The van der Waals surface area contributed by atoms with Gasteiger partial charge in [-0.25, -0.2) is 9.59 Å². The van der Waals surface area contributed by atoms with Crippen LogP contribution in [-0.4, -0.2) is 37.1 Å². The van der Waals surface area contributed by atoms with E-state index in [1.807, 2.05) is 0 Å². The molecule has 1 aromatic carbocycles. The fourth-order valence-corrected chi connectivity index (χ4v) is 1.91. The van der Waals surface area contributed by atoms with Gasteiger partial charge in [0.2, 0.25) is 0 Å². The van der Waals surface area contributed by atoms with Gasteiger partial charge in [-0.2, -0.15) is 8.42 Å². The molecule has 0 unspecified atom stereocenters. The number of hydrogen-bond acceptors (Lipinski definition) is 5. The van der Waals surface area contributed by atoms with Crippen LogP contribution in [0.15, 0.2) is 17.0 Å². The van der Waals surface area contributed by atoms with Crippen LogP contribution in [0, 0.1) is 6.92 Å². The van der Waals surface area contributed by atoms with Gasteiger partial charge in [-0.05, 0) is 24.6 Å². The Morgan fingerprint density at radius 2 is 1.72 bits per heavy atom. The largest absolute Gasteiger partial charge is 0.478 e. The van der Waals surface area contributed by atoms with Crippen LogP contribution in [0.4, 0.5) is 0 Å². The second-order valence-corrected chi connectivity index (χ2v) is 4.84. The summed E-state index contributed by atoms with van der Waals surface area (Å²) in [6.07, 6.45) is 0. The lowest BCUT2D eigenvalue weighted by Crippen LogP contribution is -2.12. The zero-order valence-electron chi connectivity index (χ0n) is 9.50. The summed E-state index contributed by atoms with van der Waals surface area (Å²) in [5.74, 6) is -2.30. The number of benzene rings is 1. The van der Waals surface area contributed by atoms with Crippen LogP contribution in [0.1, 0.15) is 26.3 Å². The SMILES string of the molecule is COC(=O)c1cc(S(=O)(=O)O)cc(C(=O)O)c1C. The number of carboxylic acid groups (broad SMARTS) is 1. The van der Waals surface area contributed by atoms with E-state index < -0.39 is 32.5 Å². The summed E-state index contributed by atoms with van der Waals surface area (Å²) in [5, 5.41) is 8.91. The maximum Gasteiger partial charge on any atom is 0.338 e. The first-order chi connectivity index (χ1) is 8.18. The van der Waals surface area contributed by atoms with Gasteiger partial charge in [0.25, 0.3) is 10.1 Å². The Morgan fingerprint density at radius 1 is 1.22 bits per heavy atom. The average molecular weight is 274 g/mol. The van der Waals surface area contributed by atoms with Crippen molar-refractivity contribution in [3.8, 4) is 0 Å². The van der Waals surface area contributed by atoms with Crippen LogP contribution in [0.5, 0.6) is 0 Å². The molecule has 0 saturated carbocycles. The Bertz CT molecular complexity index is 615. The van der Waals surface area contributed by atoms with Gasteiger partial charge in [-0.3, -0.25) is 4.55 Å². The molecule has 0 spiro atoms. The zero-order valence-corrected chi connectivity index (χ0v) is 10.3. The minimum absolute atomic E-state index is 0.0572. The van der Waals surface area contributed by atoms with Gasteiger partial charge < -0.3 is 9.84 Å². The number of carbonyl (C=O) groups excluding carboxylic acids is 1. The van der Waals surface area contributed by atoms with Crippen molar-refractivity contribution >= 4 is 22.1 Å². The summed E-state index contributed by atoms with van der Waals surface area (Å²) < 4.78 is 35.3. The van der Waals surface area contributed by atoms with Crippen molar-refractivity contribution in [2.75, 3.05) is 7.11 Å². The number of rotatable bonds is 3. The third kappa shape index (κ3) is 2.66. The number of aromatic carboxylic acids is 1. The predicted molar refractivity (Wildman–Crippen MR) is 59.3 cm³/mol. The monoisotopic (exact) mass is 274 g/mol. The molecule has 7 nitrogen and oxygen atoms in total. The lowest BCUT2D eigenvalue weighted by molar-refractivity contribution is 0.0599. The molecule has 1 aromatic rings. The Morgan fingerprint density at radius 3 is 2.11 bits per heavy atom. The van der Waals surface area contributed by atoms with Crippen molar-refractivity contribution in [1.82, 2.24) is 0 Å². The molecule has 8 heteroatoms. The third-order valence-electron chi connectivity index (χ3n) is 2.31.